The number of benzene rings is 3. The van der Waals surface area contributed by atoms with E-state index < -0.39 is 40.2 Å². The molecule has 3 rings (SSSR count). The number of carbonyl (C=O) groups is 2. The Morgan fingerprint density at radius 1 is 1.00 bits per heavy atom. The van der Waals surface area contributed by atoms with Crippen molar-refractivity contribution in [2.24, 2.45) is 0 Å². The third kappa shape index (κ3) is 6.16. The van der Waals surface area contributed by atoms with Crippen LogP contribution < -0.4 is 9.62 Å². The number of halogens is 3. The summed E-state index contributed by atoms with van der Waals surface area (Å²) in [5.74, 6) is -1.81. The summed E-state index contributed by atoms with van der Waals surface area (Å²) in [7, 11) is -2.88. The molecule has 1 atom stereocenters. The highest BCUT2D eigenvalue weighted by atomic mass is 35.5. The molecule has 3 aromatic rings. The maximum atomic E-state index is 14.4. The van der Waals surface area contributed by atoms with Gasteiger partial charge in [0.15, 0.2) is 0 Å². The van der Waals surface area contributed by atoms with Crippen molar-refractivity contribution in [2.45, 2.75) is 24.4 Å². The minimum atomic E-state index is -4.29. The normalized spacial score (nSPS) is 12.0. The minimum Gasteiger partial charge on any atom is -0.357 e. The first-order valence-electron chi connectivity index (χ1n) is 10.8. The van der Waals surface area contributed by atoms with E-state index in [0.29, 0.717) is 0 Å². The van der Waals surface area contributed by atoms with Crippen LogP contribution in [-0.2, 0) is 26.2 Å². The molecule has 0 bridgehead atoms. The van der Waals surface area contributed by atoms with Crippen LogP contribution in [0.3, 0.4) is 0 Å². The Morgan fingerprint density at radius 2 is 1.64 bits per heavy atom. The third-order valence-corrected chi connectivity index (χ3v) is 7.83. The molecule has 0 aliphatic carbocycles. The second-order valence-corrected chi connectivity index (χ2v) is 10.5. The van der Waals surface area contributed by atoms with Crippen molar-refractivity contribution in [3.63, 3.8) is 0 Å². The molecule has 1 N–H and O–H groups in total. The average Bonchev–Trinajstić information content (AvgIpc) is 2.87. The lowest BCUT2D eigenvalue weighted by atomic mass is 10.1. The summed E-state index contributed by atoms with van der Waals surface area (Å²) in [5, 5.41) is 2.71. The van der Waals surface area contributed by atoms with Gasteiger partial charge in [0, 0.05) is 24.2 Å². The van der Waals surface area contributed by atoms with E-state index in [4.69, 9.17) is 23.2 Å². The molecule has 0 heterocycles. The summed E-state index contributed by atoms with van der Waals surface area (Å²) in [6.07, 6.45) is 0. The largest absolute Gasteiger partial charge is 0.357 e. The van der Waals surface area contributed by atoms with Crippen molar-refractivity contribution >= 4 is 50.7 Å². The number of hydrogen-bond acceptors (Lipinski definition) is 4. The molecule has 11 heteroatoms. The first kappa shape index (κ1) is 27.4. The first-order valence-corrected chi connectivity index (χ1v) is 13.0. The molecule has 2 amide bonds. The van der Waals surface area contributed by atoms with Crippen LogP contribution >= 0.6 is 23.2 Å². The molecule has 0 radical (unpaired) electrons. The van der Waals surface area contributed by atoms with Crippen LogP contribution in [0.25, 0.3) is 0 Å². The van der Waals surface area contributed by atoms with Gasteiger partial charge >= 0.3 is 0 Å². The van der Waals surface area contributed by atoms with E-state index >= 15 is 0 Å². The molecule has 7 nitrogen and oxygen atoms in total. The Labute approximate surface area is 219 Å². The van der Waals surface area contributed by atoms with Gasteiger partial charge in [-0.2, -0.15) is 0 Å². The Morgan fingerprint density at radius 3 is 2.28 bits per heavy atom. The number of amides is 2. The van der Waals surface area contributed by atoms with Crippen LogP contribution in [0.1, 0.15) is 12.5 Å². The van der Waals surface area contributed by atoms with Crippen molar-refractivity contribution in [1.82, 2.24) is 10.2 Å². The quantitative estimate of drug-likeness (QED) is 0.424. The second-order valence-electron chi connectivity index (χ2n) is 7.82. The molecular weight excluding hydrogens is 528 g/mol. The molecule has 190 valence electrons. The number of nitrogens with zero attached hydrogens (tertiary/aromatic N) is 2. The lowest BCUT2D eigenvalue weighted by Gasteiger charge is -2.32. The van der Waals surface area contributed by atoms with Gasteiger partial charge in [-0.1, -0.05) is 59.6 Å². The Bertz CT molecular complexity index is 1360. The number of likely N-dealkylation sites (N-methyl/N-ethyl adjacent to an activating group) is 1. The van der Waals surface area contributed by atoms with Crippen LogP contribution in [0.15, 0.2) is 77.7 Å². The maximum Gasteiger partial charge on any atom is 0.264 e. The van der Waals surface area contributed by atoms with Crippen LogP contribution in [0.5, 0.6) is 0 Å². The molecule has 0 aromatic heterocycles. The smallest absolute Gasteiger partial charge is 0.264 e. The van der Waals surface area contributed by atoms with Crippen LogP contribution in [-0.4, -0.2) is 44.8 Å². The highest BCUT2D eigenvalue weighted by Crippen LogP contribution is 2.33. The number of hydrogen-bond donors (Lipinski definition) is 1. The summed E-state index contributed by atoms with van der Waals surface area (Å²) in [5.41, 5.74) is 0.152. The van der Waals surface area contributed by atoms with Gasteiger partial charge in [-0.05, 0) is 43.3 Å². The number of anilines is 1. The summed E-state index contributed by atoms with van der Waals surface area (Å²) >= 11 is 12.5. The Balaban J connectivity index is 2.08. The Hall–Kier alpha value is -3.14. The Kier molecular flexibility index (Phi) is 8.94. The zero-order chi connectivity index (χ0) is 26.5. The molecule has 0 aliphatic rings. The highest BCUT2D eigenvalue weighted by Gasteiger charge is 2.33. The summed E-state index contributed by atoms with van der Waals surface area (Å²) < 4.78 is 42.5. The molecule has 0 saturated heterocycles. The SMILES string of the molecule is CNC(=O)[C@H](C)N(Cc1ccccc1F)C(=O)CN(c1cc(Cl)ccc1Cl)S(=O)(=O)c1ccccc1. The standard InChI is InChI=1S/C25H24Cl2FN3O4S/c1-17(25(33)29-2)30(15-18-8-6-7-11-22(18)28)24(32)16-31(23-14-19(26)12-13-21(23)27)36(34,35)20-9-4-3-5-10-20/h3-14,17H,15-16H2,1-2H3,(H,29,33)/t17-/m0/s1. The summed E-state index contributed by atoms with van der Waals surface area (Å²) in [6, 6.07) is 16.6. The molecule has 0 saturated carbocycles. The van der Waals surface area contributed by atoms with E-state index in [1.165, 1.54) is 62.5 Å². The van der Waals surface area contributed by atoms with Gasteiger partial charge < -0.3 is 10.2 Å². The predicted molar refractivity (Wildman–Crippen MR) is 138 cm³/mol. The second kappa shape index (κ2) is 11.7. The van der Waals surface area contributed by atoms with Crippen LogP contribution in [0, 0.1) is 5.82 Å². The van der Waals surface area contributed by atoms with Crippen LogP contribution in [0.4, 0.5) is 10.1 Å². The van der Waals surface area contributed by atoms with Gasteiger partial charge in [0.25, 0.3) is 10.0 Å². The zero-order valence-corrected chi connectivity index (χ0v) is 21.8. The number of carbonyl (C=O) groups excluding carboxylic acids is 2. The van der Waals surface area contributed by atoms with Crippen molar-refractivity contribution in [3.05, 3.63) is 94.2 Å². The molecule has 0 unspecified atom stereocenters. The van der Waals surface area contributed by atoms with Gasteiger partial charge in [0.1, 0.15) is 18.4 Å². The monoisotopic (exact) mass is 551 g/mol. The lowest BCUT2D eigenvalue weighted by molar-refractivity contribution is -0.139. The molecule has 0 fully saturated rings. The molecule has 0 spiro atoms. The van der Waals surface area contributed by atoms with Gasteiger partial charge in [-0.25, -0.2) is 12.8 Å². The van der Waals surface area contributed by atoms with Crippen molar-refractivity contribution in [3.8, 4) is 0 Å². The van der Waals surface area contributed by atoms with Gasteiger partial charge in [-0.3, -0.25) is 13.9 Å². The first-order chi connectivity index (χ1) is 17.1. The van der Waals surface area contributed by atoms with Crippen molar-refractivity contribution < 1.29 is 22.4 Å². The number of sulfonamides is 1. The van der Waals surface area contributed by atoms with E-state index in [9.17, 15) is 22.4 Å². The van der Waals surface area contributed by atoms with Crippen molar-refractivity contribution in [2.75, 3.05) is 17.9 Å². The van der Waals surface area contributed by atoms with E-state index in [0.717, 1.165) is 9.21 Å². The predicted octanol–water partition coefficient (Wildman–Crippen LogP) is 4.49. The van der Waals surface area contributed by atoms with E-state index in [2.05, 4.69) is 5.32 Å². The average molecular weight is 552 g/mol. The number of nitrogens with one attached hydrogen (secondary N) is 1. The molecule has 36 heavy (non-hydrogen) atoms. The fraction of sp³-hybridized carbons (Fsp3) is 0.200. The van der Waals surface area contributed by atoms with E-state index in [1.54, 1.807) is 24.3 Å². The van der Waals surface area contributed by atoms with Gasteiger partial charge in [-0.15, -0.1) is 0 Å². The molecule has 0 aliphatic heterocycles. The van der Waals surface area contributed by atoms with Gasteiger partial charge in [0.05, 0.1) is 15.6 Å². The fourth-order valence-electron chi connectivity index (χ4n) is 3.51. The van der Waals surface area contributed by atoms with Crippen LogP contribution in [0.2, 0.25) is 10.0 Å². The summed E-state index contributed by atoms with van der Waals surface area (Å²) in [6.45, 7) is 0.496. The third-order valence-electron chi connectivity index (χ3n) is 5.50. The molecular formula is C25H24Cl2FN3O4S. The number of rotatable bonds is 9. The maximum absolute atomic E-state index is 14.4. The van der Waals surface area contributed by atoms with Crippen molar-refractivity contribution in [1.29, 1.82) is 0 Å². The lowest BCUT2D eigenvalue weighted by Crippen LogP contribution is -2.50. The zero-order valence-electron chi connectivity index (χ0n) is 19.5. The van der Waals surface area contributed by atoms with E-state index in [1.807, 2.05) is 0 Å². The van der Waals surface area contributed by atoms with Gasteiger partial charge in [0.2, 0.25) is 11.8 Å². The summed E-state index contributed by atoms with van der Waals surface area (Å²) in [4.78, 5) is 27.1. The fourth-order valence-corrected chi connectivity index (χ4v) is 5.39. The van der Waals surface area contributed by atoms with E-state index in [-0.39, 0.29) is 32.7 Å². The minimum absolute atomic E-state index is 0.0141. The molecule has 3 aromatic carbocycles. The highest BCUT2D eigenvalue weighted by molar-refractivity contribution is 7.92. The topological polar surface area (TPSA) is 86.8 Å².